The van der Waals surface area contributed by atoms with Crippen LogP contribution in [0.2, 0.25) is 0 Å². The van der Waals surface area contributed by atoms with E-state index in [0.29, 0.717) is 0 Å². The molecule has 1 aromatic rings. The van der Waals surface area contributed by atoms with Gasteiger partial charge in [-0.1, -0.05) is 0 Å². The molecule has 0 aliphatic heterocycles. The van der Waals surface area contributed by atoms with E-state index >= 15 is 0 Å². The van der Waals surface area contributed by atoms with Crippen LogP contribution in [0.5, 0.6) is 0 Å². The summed E-state index contributed by atoms with van der Waals surface area (Å²) in [6, 6.07) is 2.52. The lowest BCUT2D eigenvalue weighted by molar-refractivity contribution is 0.251. The molecule has 1 unspecified atom stereocenters. The Morgan fingerprint density at radius 2 is 2.43 bits per heavy atom. The van der Waals surface area contributed by atoms with Crippen molar-refractivity contribution in [2.24, 2.45) is 0 Å². The Bertz CT molecular complexity index is 287. The van der Waals surface area contributed by atoms with Crippen molar-refractivity contribution in [1.29, 1.82) is 0 Å². The first-order chi connectivity index (χ1) is 6.79. The number of thiophene rings is 1. The van der Waals surface area contributed by atoms with Gasteiger partial charge in [0.1, 0.15) is 0 Å². The van der Waals surface area contributed by atoms with Gasteiger partial charge in [-0.25, -0.2) is 0 Å². The van der Waals surface area contributed by atoms with Crippen LogP contribution in [0, 0.1) is 0 Å². The molecule has 1 heterocycles. The highest BCUT2D eigenvalue weighted by Gasteiger charge is 2.14. The quantitative estimate of drug-likeness (QED) is 0.794. The number of aliphatic hydroxyl groups excluding tert-OH is 1. The summed E-state index contributed by atoms with van der Waals surface area (Å²) in [6.45, 7) is 3.12. The molecule has 3 heteroatoms. The number of hydrogen-bond donors (Lipinski definition) is 2. The molecular weight excluding hydrogens is 194 g/mol. The molecule has 2 nitrogen and oxygen atoms in total. The monoisotopic (exact) mass is 211 g/mol. The highest BCUT2D eigenvalue weighted by atomic mass is 32.1. The van der Waals surface area contributed by atoms with Crippen molar-refractivity contribution < 1.29 is 5.11 Å². The largest absolute Gasteiger partial charge is 0.395 e. The second-order valence-electron chi connectivity index (χ2n) is 3.98. The first-order valence-electron chi connectivity index (χ1n) is 5.24. The fourth-order valence-electron chi connectivity index (χ4n) is 1.82. The summed E-state index contributed by atoms with van der Waals surface area (Å²) in [5, 5.41) is 12.2. The van der Waals surface area contributed by atoms with E-state index in [2.05, 4.69) is 11.4 Å². The van der Waals surface area contributed by atoms with Gasteiger partial charge in [-0.2, -0.15) is 0 Å². The molecule has 0 aromatic carbocycles. The molecule has 78 valence electrons. The van der Waals surface area contributed by atoms with Gasteiger partial charge in [0.15, 0.2) is 0 Å². The topological polar surface area (TPSA) is 32.3 Å². The number of rotatable bonds is 4. The van der Waals surface area contributed by atoms with E-state index in [-0.39, 0.29) is 12.6 Å². The molecule has 0 fully saturated rings. The summed E-state index contributed by atoms with van der Waals surface area (Å²) < 4.78 is 0. The Hall–Kier alpha value is -0.380. The van der Waals surface area contributed by atoms with E-state index in [4.69, 9.17) is 5.11 Å². The maximum atomic E-state index is 8.87. The van der Waals surface area contributed by atoms with Crippen molar-refractivity contribution in [2.45, 2.75) is 38.8 Å². The molecular formula is C11H17NOS. The second-order valence-corrected chi connectivity index (χ2v) is 5.20. The number of fused-ring (bicyclic) bond motifs is 1. The molecule has 2 rings (SSSR count). The molecule has 1 atom stereocenters. The predicted octanol–water partition coefficient (Wildman–Crippen LogP) is 1.71. The summed E-state index contributed by atoms with van der Waals surface area (Å²) >= 11 is 1.93. The van der Waals surface area contributed by atoms with E-state index in [0.717, 1.165) is 6.54 Å². The first kappa shape index (κ1) is 10.1. The highest BCUT2D eigenvalue weighted by Crippen LogP contribution is 2.30. The maximum Gasteiger partial charge on any atom is 0.0582 e. The Labute approximate surface area is 89.0 Å². The second kappa shape index (κ2) is 4.43. The van der Waals surface area contributed by atoms with Crippen molar-refractivity contribution in [3.05, 3.63) is 21.4 Å². The average molecular weight is 211 g/mol. The lowest BCUT2D eigenvalue weighted by Crippen LogP contribution is -2.28. The third kappa shape index (κ3) is 2.16. The van der Waals surface area contributed by atoms with Gasteiger partial charge in [0.05, 0.1) is 6.61 Å². The Kier molecular flexibility index (Phi) is 3.21. The van der Waals surface area contributed by atoms with Crippen LogP contribution >= 0.6 is 11.3 Å². The molecule has 0 radical (unpaired) electrons. The number of nitrogens with one attached hydrogen (secondary N) is 1. The minimum atomic E-state index is 0.201. The van der Waals surface area contributed by atoms with Crippen LogP contribution in [-0.4, -0.2) is 17.8 Å². The molecule has 1 aliphatic rings. The highest BCUT2D eigenvalue weighted by molar-refractivity contribution is 7.12. The van der Waals surface area contributed by atoms with Crippen LogP contribution in [0.3, 0.4) is 0 Å². The normalized spacial score (nSPS) is 17.0. The maximum absolute atomic E-state index is 8.87. The lowest BCUT2D eigenvalue weighted by atomic mass is 10.2. The van der Waals surface area contributed by atoms with E-state index in [9.17, 15) is 0 Å². The van der Waals surface area contributed by atoms with E-state index in [1.165, 1.54) is 24.1 Å². The standard InChI is InChI=1S/C11H17NOS/c1-8(7-13)12-6-10-5-9-3-2-4-11(9)14-10/h5,8,12-13H,2-4,6-7H2,1H3. The van der Waals surface area contributed by atoms with Crippen LogP contribution in [0.4, 0.5) is 0 Å². The van der Waals surface area contributed by atoms with E-state index in [1.54, 1.807) is 10.4 Å². The van der Waals surface area contributed by atoms with Crippen molar-refractivity contribution in [2.75, 3.05) is 6.61 Å². The van der Waals surface area contributed by atoms with Crippen molar-refractivity contribution in [3.8, 4) is 0 Å². The zero-order valence-electron chi connectivity index (χ0n) is 8.55. The lowest BCUT2D eigenvalue weighted by Gasteiger charge is -2.08. The molecule has 0 spiro atoms. The minimum absolute atomic E-state index is 0.201. The molecule has 1 aliphatic carbocycles. The Morgan fingerprint density at radius 3 is 3.14 bits per heavy atom. The fourth-order valence-corrected chi connectivity index (χ4v) is 3.03. The predicted molar refractivity (Wildman–Crippen MR) is 59.7 cm³/mol. The van der Waals surface area contributed by atoms with Crippen molar-refractivity contribution in [3.63, 3.8) is 0 Å². The first-order valence-corrected chi connectivity index (χ1v) is 6.06. The summed E-state index contributed by atoms with van der Waals surface area (Å²) in [5.74, 6) is 0. The Morgan fingerprint density at radius 1 is 1.57 bits per heavy atom. The van der Waals surface area contributed by atoms with Crippen LogP contribution in [-0.2, 0) is 19.4 Å². The molecule has 2 N–H and O–H groups in total. The van der Waals surface area contributed by atoms with Gasteiger partial charge >= 0.3 is 0 Å². The van der Waals surface area contributed by atoms with Gasteiger partial charge in [-0.05, 0) is 37.8 Å². The summed E-state index contributed by atoms with van der Waals surface area (Å²) in [7, 11) is 0. The zero-order valence-corrected chi connectivity index (χ0v) is 9.36. The molecule has 0 bridgehead atoms. The van der Waals surface area contributed by atoms with Gasteiger partial charge < -0.3 is 10.4 Å². The van der Waals surface area contributed by atoms with Crippen LogP contribution in [0.15, 0.2) is 6.07 Å². The minimum Gasteiger partial charge on any atom is -0.395 e. The Balaban J connectivity index is 1.91. The SMILES string of the molecule is CC(CO)NCc1cc2c(s1)CCC2. The summed E-state index contributed by atoms with van der Waals surface area (Å²) in [5.41, 5.74) is 1.56. The van der Waals surface area contributed by atoms with E-state index < -0.39 is 0 Å². The third-order valence-electron chi connectivity index (χ3n) is 2.70. The van der Waals surface area contributed by atoms with Crippen LogP contribution < -0.4 is 5.32 Å². The molecule has 0 saturated carbocycles. The van der Waals surface area contributed by atoms with Gasteiger partial charge in [-0.15, -0.1) is 11.3 Å². The average Bonchev–Trinajstić information content (AvgIpc) is 2.73. The number of aliphatic hydroxyl groups is 1. The van der Waals surface area contributed by atoms with Gasteiger partial charge in [-0.3, -0.25) is 0 Å². The summed E-state index contributed by atoms with van der Waals surface area (Å²) in [4.78, 5) is 2.99. The third-order valence-corrected chi connectivity index (χ3v) is 3.93. The van der Waals surface area contributed by atoms with Gasteiger partial charge in [0.25, 0.3) is 0 Å². The summed E-state index contributed by atoms with van der Waals surface area (Å²) in [6.07, 6.45) is 3.87. The van der Waals surface area contributed by atoms with Gasteiger partial charge in [0, 0.05) is 22.3 Å². The van der Waals surface area contributed by atoms with Crippen LogP contribution in [0.25, 0.3) is 0 Å². The zero-order chi connectivity index (χ0) is 9.97. The molecule has 0 saturated heterocycles. The van der Waals surface area contributed by atoms with Gasteiger partial charge in [0.2, 0.25) is 0 Å². The van der Waals surface area contributed by atoms with E-state index in [1.807, 2.05) is 18.3 Å². The van der Waals surface area contributed by atoms with Crippen molar-refractivity contribution in [1.82, 2.24) is 5.32 Å². The number of hydrogen-bond acceptors (Lipinski definition) is 3. The number of aryl methyl sites for hydroxylation is 2. The molecule has 14 heavy (non-hydrogen) atoms. The van der Waals surface area contributed by atoms with Crippen LogP contribution in [0.1, 0.15) is 28.7 Å². The molecule has 0 amide bonds. The smallest absolute Gasteiger partial charge is 0.0582 e. The fraction of sp³-hybridized carbons (Fsp3) is 0.636. The molecule has 1 aromatic heterocycles. The van der Waals surface area contributed by atoms with Crippen molar-refractivity contribution >= 4 is 11.3 Å².